The van der Waals surface area contributed by atoms with Crippen molar-refractivity contribution in [3.63, 3.8) is 0 Å². The average Bonchev–Trinajstić information content (AvgIpc) is 2.75. The molecule has 0 aliphatic carbocycles. The first-order chi connectivity index (χ1) is 15.2. The van der Waals surface area contributed by atoms with Crippen LogP contribution in [0.2, 0.25) is 10.0 Å². The smallest absolute Gasteiger partial charge is 0.228 e. The fourth-order valence-corrected chi connectivity index (χ4v) is 4.80. The zero-order chi connectivity index (χ0) is 23.3. The Bertz CT molecular complexity index is 1200. The Labute approximate surface area is 198 Å². The number of amides is 1. The van der Waals surface area contributed by atoms with Crippen LogP contribution < -0.4 is 10.1 Å². The third kappa shape index (κ3) is 5.63. The second-order valence-corrected chi connectivity index (χ2v) is 10.1. The summed E-state index contributed by atoms with van der Waals surface area (Å²) in [6, 6.07) is 17.0. The Hall–Kier alpha value is -2.54. The van der Waals surface area contributed by atoms with Crippen molar-refractivity contribution < 1.29 is 17.9 Å². The Balaban J connectivity index is 1.77. The standard InChI is InChI=1S/C24H23Cl2NO4S/c1-3-31-22-8-6-5-7-19(22)24-20(25)14-17(15-21(24)26)27-23(28)13-16-9-11-18(12-10-16)32(29,30)4-2/h5-12,14-15H,3-4,13H2,1-2H3,(H,27,28). The predicted octanol–water partition coefficient (Wildman–Crippen LogP) is 6.03. The average molecular weight is 492 g/mol. The highest BCUT2D eigenvalue weighted by molar-refractivity contribution is 7.91. The van der Waals surface area contributed by atoms with Crippen LogP contribution in [0.5, 0.6) is 5.75 Å². The van der Waals surface area contributed by atoms with E-state index in [0.29, 0.717) is 39.2 Å². The highest BCUT2D eigenvalue weighted by Crippen LogP contribution is 2.41. The monoisotopic (exact) mass is 491 g/mol. The molecule has 0 saturated carbocycles. The molecule has 0 unspecified atom stereocenters. The van der Waals surface area contributed by atoms with Gasteiger partial charge in [0.25, 0.3) is 0 Å². The second-order valence-electron chi connectivity index (χ2n) is 7.02. The Morgan fingerprint density at radius 3 is 2.19 bits per heavy atom. The van der Waals surface area contributed by atoms with Crippen LogP contribution in [0.15, 0.2) is 65.6 Å². The quantitative estimate of drug-likeness (QED) is 0.417. The highest BCUT2D eigenvalue weighted by atomic mass is 35.5. The van der Waals surface area contributed by atoms with E-state index < -0.39 is 9.84 Å². The normalized spacial score (nSPS) is 11.2. The van der Waals surface area contributed by atoms with Crippen molar-refractivity contribution in [2.75, 3.05) is 17.7 Å². The largest absolute Gasteiger partial charge is 0.493 e. The van der Waals surface area contributed by atoms with Gasteiger partial charge >= 0.3 is 0 Å². The molecule has 1 N–H and O–H groups in total. The molecule has 0 fully saturated rings. The maximum Gasteiger partial charge on any atom is 0.228 e. The maximum atomic E-state index is 12.5. The van der Waals surface area contributed by atoms with Crippen molar-refractivity contribution in [2.24, 2.45) is 0 Å². The van der Waals surface area contributed by atoms with Crippen LogP contribution in [-0.2, 0) is 21.1 Å². The summed E-state index contributed by atoms with van der Waals surface area (Å²) in [5.41, 5.74) is 2.55. The van der Waals surface area contributed by atoms with Gasteiger partial charge in [0.05, 0.1) is 33.7 Å². The summed E-state index contributed by atoms with van der Waals surface area (Å²) in [6.07, 6.45) is 0.0800. The van der Waals surface area contributed by atoms with Crippen molar-refractivity contribution in [3.05, 3.63) is 76.3 Å². The van der Waals surface area contributed by atoms with Crippen LogP contribution >= 0.6 is 23.2 Å². The Morgan fingerprint density at radius 1 is 0.969 bits per heavy atom. The van der Waals surface area contributed by atoms with Crippen LogP contribution in [0.1, 0.15) is 19.4 Å². The molecule has 168 valence electrons. The summed E-state index contributed by atoms with van der Waals surface area (Å²) in [5, 5.41) is 3.56. The number of halogens is 2. The zero-order valence-electron chi connectivity index (χ0n) is 17.7. The molecule has 0 saturated heterocycles. The molecule has 0 atom stereocenters. The predicted molar refractivity (Wildman–Crippen MR) is 130 cm³/mol. The Kier molecular flexibility index (Phi) is 7.82. The molecular weight excluding hydrogens is 469 g/mol. The number of rotatable bonds is 8. The highest BCUT2D eigenvalue weighted by Gasteiger charge is 2.16. The third-order valence-corrected chi connectivity index (χ3v) is 7.16. The summed E-state index contributed by atoms with van der Waals surface area (Å²) in [4.78, 5) is 12.7. The molecule has 8 heteroatoms. The van der Waals surface area contributed by atoms with E-state index in [1.807, 2.05) is 31.2 Å². The van der Waals surface area contributed by atoms with Crippen LogP contribution in [0.25, 0.3) is 11.1 Å². The lowest BCUT2D eigenvalue weighted by Crippen LogP contribution is -2.14. The Morgan fingerprint density at radius 2 is 1.59 bits per heavy atom. The van der Waals surface area contributed by atoms with Crippen LogP contribution in [-0.4, -0.2) is 26.7 Å². The zero-order valence-corrected chi connectivity index (χ0v) is 20.0. The van der Waals surface area contributed by atoms with E-state index in [9.17, 15) is 13.2 Å². The number of sulfone groups is 1. The topological polar surface area (TPSA) is 72.5 Å². The molecule has 0 spiro atoms. The van der Waals surface area contributed by atoms with Crippen molar-refractivity contribution in [3.8, 4) is 16.9 Å². The number of carbonyl (C=O) groups is 1. The first-order valence-corrected chi connectivity index (χ1v) is 12.5. The maximum absolute atomic E-state index is 12.5. The summed E-state index contributed by atoms with van der Waals surface area (Å²) < 4.78 is 29.5. The second kappa shape index (κ2) is 10.4. The number of hydrogen-bond donors (Lipinski definition) is 1. The molecule has 32 heavy (non-hydrogen) atoms. The minimum atomic E-state index is -3.27. The van der Waals surface area contributed by atoms with E-state index in [2.05, 4.69) is 5.32 Å². The van der Waals surface area contributed by atoms with E-state index in [0.717, 1.165) is 5.56 Å². The third-order valence-electron chi connectivity index (χ3n) is 4.81. The minimum absolute atomic E-state index is 0.0272. The van der Waals surface area contributed by atoms with Gasteiger partial charge in [0, 0.05) is 16.8 Å². The number of nitrogens with one attached hydrogen (secondary N) is 1. The number of carbonyl (C=O) groups excluding carboxylic acids is 1. The van der Waals surface area contributed by atoms with Gasteiger partial charge in [0.2, 0.25) is 5.91 Å². The van der Waals surface area contributed by atoms with E-state index >= 15 is 0 Å². The summed E-state index contributed by atoms with van der Waals surface area (Å²) >= 11 is 13.0. The summed E-state index contributed by atoms with van der Waals surface area (Å²) in [6.45, 7) is 3.99. The van der Waals surface area contributed by atoms with Crippen LogP contribution in [0.3, 0.4) is 0 Å². The molecule has 3 aromatic carbocycles. The fraction of sp³-hybridized carbons (Fsp3) is 0.208. The van der Waals surface area contributed by atoms with Gasteiger partial charge in [-0.3, -0.25) is 4.79 Å². The van der Waals surface area contributed by atoms with Crippen LogP contribution in [0, 0.1) is 0 Å². The van der Waals surface area contributed by atoms with Crippen molar-refractivity contribution in [1.82, 2.24) is 0 Å². The molecule has 0 bridgehead atoms. The first-order valence-electron chi connectivity index (χ1n) is 10.1. The number of ether oxygens (including phenoxy) is 1. The number of anilines is 1. The molecule has 0 heterocycles. The number of para-hydroxylation sites is 1. The minimum Gasteiger partial charge on any atom is -0.493 e. The van der Waals surface area contributed by atoms with Gasteiger partial charge in [-0.15, -0.1) is 0 Å². The lowest BCUT2D eigenvalue weighted by Gasteiger charge is -2.15. The van der Waals surface area contributed by atoms with Gasteiger partial charge in [-0.25, -0.2) is 8.42 Å². The number of benzene rings is 3. The van der Waals surface area contributed by atoms with Crippen molar-refractivity contribution in [1.29, 1.82) is 0 Å². The van der Waals surface area contributed by atoms with Crippen molar-refractivity contribution >= 4 is 44.6 Å². The SMILES string of the molecule is CCOc1ccccc1-c1c(Cl)cc(NC(=O)Cc2ccc(S(=O)(=O)CC)cc2)cc1Cl. The fourth-order valence-electron chi connectivity index (χ4n) is 3.23. The lowest BCUT2D eigenvalue weighted by atomic mass is 10.0. The van der Waals surface area contributed by atoms with Gasteiger partial charge in [0.15, 0.2) is 9.84 Å². The molecule has 3 aromatic rings. The van der Waals surface area contributed by atoms with Crippen molar-refractivity contribution in [2.45, 2.75) is 25.2 Å². The molecule has 0 aliphatic rings. The van der Waals surface area contributed by atoms with Gasteiger partial charge in [-0.2, -0.15) is 0 Å². The molecule has 1 amide bonds. The van der Waals surface area contributed by atoms with E-state index in [1.165, 1.54) is 12.1 Å². The first kappa shape index (κ1) is 24.1. The van der Waals surface area contributed by atoms with E-state index in [1.54, 1.807) is 31.2 Å². The molecule has 0 aliphatic heterocycles. The molecule has 0 radical (unpaired) electrons. The van der Waals surface area contributed by atoms with Gasteiger partial charge in [-0.05, 0) is 42.8 Å². The molecule has 0 aromatic heterocycles. The number of hydrogen-bond acceptors (Lipinski definition) is 4. The van der Waals surface area contributed by atoms with E-state index in [4.69, 9.17) is 27.9 Å². The van der Waals surface area contributed by atoms with Gasteiger partial charge in [0.1, 0.15) is 5.75 Å². The summed E-state index contributed by atoms with van der Waals surface area (Å²) in [7, 11) is -3.27. The lowest BCUT2D eigenvalue weighted by molar-refractivity contribution is -0.115. The molecule has 5 nitrogen and oxygen atoms in total. The molecular formula is C24H23Cl2NO4S. The van der Waals surface area contributed by atoms with Crippen LogP contribution in [0.4, 0.5) is 5.69 Å². The van der Waals surface area contributed by atoms with Gasteiger partial charge in [-0.1, -0.05) is 60.5 Å². The van der Waals surface area contributed by atoms with E-state index in [-0.39, 0.29) is 23.0 Å². The summed E-state index contributed by atoms with van der Waals surface area (Å²) in [5.74, 6) is 0.425. The molecule has 3 rings (SSSR count). The van der Waals surface area contributed by atoms with Gasteiger partial charge < -0.3 is 10.1 Å².